The Bertz CT molecular complexity index is 927. The van der Waals surface area contributed by atoms with Crippen molar-refractivity contribution in [1.82, 2.24) is 9.78 Å². The van der Waals surface area contributed by atoms with E-state index >= 15 is 0 Å². The topological polar surface area (TPSA) is 72.9 Å². The van der Waals surface area contributed by atoms with Crippen LogP contribution >= 0.6 is 0 Å². The van der Waals surface area contributed by atoms with Crippen molar-refractivity contribution in [2.24, 2.45) is 11.1 Å². The molecule has 2 aromatic rings. The smallest absolute Gasteiger partial charge is 0.253 e. The number of nitrogens with two attached hydrogens (primary N) is 1. The van der Waals surface area contributed by atoms with E-state index in [2.05, 4.69) is 26.1 Å². The molecule has 0 atom stereocenters. The van der Waals surface area contributed by atoms with E-state index in [-0.39, 0.29) is 17.0 Å². The summed E-state index contributed by atoms with van der Waals surface area (Å²) in [6.45, 7) is 6.63. The van der Waals surface area contributed by atoms with Crippen LogP contribution in [-0.4, -0.2) is 21.7 Å². The molecule has 1 aromatic heterocycles. The Morgan fingerprint density at radius 3 is 2.75 bits per heavy atom. The molecule has 5 nitrogen and oxygen atoms in total. The van der Waals surface area contributed by atoms with E-state index in [0.717, 1.165) is 56.3 Å². The quantitative estimate of drug-likeness (QED) is 0.813. The van der Waals surface area contributed by atoms with E-state index in [0.29, 0.717) is 11.4 Å². The fourth-order valence-electron chi connectivity index (χ4n) is 4.36. The van der Waals surface area contributed by atoms with Crippen molar-refractivity contribution in [3.63, 3.8) is 0 Å². The highest BCUT2D eigenvalue weighted by Crippen LogP contribution is 2.38. The predicted molar refractivity (Wildman–Crippen MR) is 108 cm³/mol. The predicted octanol–water partition coefficient (Wildman–Crippen LogP) is 4.15. The van der Waals surface area contributed by atoms with Gasteiger partial charge in [0.1, 0.15) is 5.82 Å². The molecule has 4 rings (SSSR count). The Morgan fingerprint density at radius 2 is 2.14 bits per heavy atom. The lowest BCUT2D eigenvalue weighted by Crippen LogP contribution is -2.29. The van der Waals surface area contributed by atoms with Gasteiger partial charge >= 0.3 is 0 Å². The molecule has 1 aromatic carbocycles. The SMILES string of the molecule is CCc1nn(-c2cc(F)c(C(N)=O)c(NC3CCC3)c2)c2c1CCC(C)(C)C2. The maximum Gasteiger partial charge on any atom is 0.253 e. The molecule has 0 radical (unpaired) electrons. The molecule has 6 heteroatoms. The normalized spacial score (nSPS) is 18.4. The number of rotatable bonds is 5. The summed E-state index contributed by atoms with van der Waals surface area (Å²) in [5, 5.41) is 8.14. The zero-order valence-corrected chi connectivity index (χ0v) is 16.9. The van der Waals surface area contributed by atoms with Crippen molar-refractivity contribution in [2.45, 2.75) is 71.8 Å². The van der Waals surface area contributed by atoms with Crippen LogP contribution in [0.15, 0.2) is 12.1 Å². The van der Waals surface area contributed by atoms with Gasteiger partial charge in [-0.15, -0.1) is 0 Å². The number of hydrogen-bond acceptors (Lipinski definition) is 3. The molecule has 0 bridgehead atoms. The first-order valence-electron chi connectivity index (χ1n) is 10.3. The highest BCUT2D eigenvalue weighted by molar-refractivity contribution is 5.99. The number of primary amides is 1. The number of hydrogen-bond donors (Lipinski definition) is 2. The minimum absolute atomic E-state index is 0.0623. The molecule has 1 heterocycles. The first-order chi connectivity index (χ1) is 13.3. The number of benzene rings is 1. The Kier molecular flexibility index (Phi) is 4.68. The molecule has 3 N–H and O–H groups in total. The molecule has 0 aliphatic heterocycles. The maximum atomic E-state index is 14.9. The highest BCUT2D eigenvalue weighted by Gasteiger charge is 2.31. The molecule has 150 valence electrons. The van der Waals surface area contributed by atoms with Gasteiger partial charge in [-0.05, 0) is 62.0 Å². The molecule has 0 saturated heterocycles. The fourth-order valence-corrected chi connectivity index (χ4v) is 4.36. The van der Waals surface area contributed by atoms with Gasteiger partial charge in [-0.1, -0.05) is 20.8 Å². The number of aromatic nitrogens is 2. The third-order valence-corrected chi connectivity index (χ3v) is 6.24. The van der Waals surface area contributed by atoms with Crippen molar-refractivity contribution in [2.75, 3.05) is 5.32 Å². The molecular formula is C22H29FN4O. The summed E-state index contributed by atoms with van der Waals surface area (Å²) < 4.78 is 16.8. The van der Waals surface area contributed by atoms with Crippen LogP contribution in [0.5, 0.6) is 0 Å². The Morgan fingerprint density at radius 1 is 1.39 bits per heavy atom. The molecule has 2 aliphatic rings. The summed E-state index contributed by atoms with van der Waals surface area (Å²) in [4.78, 5) is 11.9. The highest BCUT2D eigenvalue weighted by atomic mass is 19.1. The summed E-state index contributed by atoms with van der Waals surface area (Å²) in [6, 6.07) is 3.49. The van der Waals surface area contributed by atoms with Crippen molar-refractivity contribution in [1.29, 1.82) is 0 Å². The van der Waals surface area contributed by atoms with Crippen LogP contribution in [0.3, 0.4) is 0 Å². The Balaban J connectivity index is 1.83. The van der Waals surface area contributed by atoms with Gasteiger partial charge < -0.3 is 11.1 Å². The second-order valence-corrected chi connectivity index (χ2v) is 8.96. The first kappa shape index (κ1) is 19.0. The molecule has 2 aliphatic carbocycles. The van der Waals surface area contributed by atoms with Crippen LogP contribution < -0.4 is 11.1 Å². The monoisotopic (exact) mass is 384 g/mol. The van der Waals surface area contributed by atoms with Gasteiger partial charge in [0.15, 0.2) is 0 Å². The lowest BCUT2D eigenvalue weighted by Gasteiger charge is -2.30. The van der Waals surface area contributed by atoms with Crippen LogP contribution in [-0.2, 0) is 19.3 Å². The second kappa shape index (κ2) is 6.90. The second-order valence-electron chi connectivity index (χ2n) is 8.96. The van der Waals surface area contributed by atoms with Crippen LogP contribution in [0.25, 0.3) is 5.69 Å². The molecule has 1 saturated carbocycles. The summed E-state index contributed by atoms with van der Waals surface area (Å²) in [5.41, 5.74) is 10.3. The third kappa shape index (κ3) is 3.29. The Hall–Kier alpha value is -2.37. The van der Waals surface area contributed by atoms with Gasteiger partial charge in [-0.25, -0.2) is 9.07 Å². The first-order valence-corrected chi connectivity index (χ1v) is 10.3. The minimum Gasteiger partial charge on any atom is -0.382 e. The van der Waals surface area contributed by atoms with Gasteiger partial charge in [0.25, 0.3) is 5.91 Å². The van der Waals surface area contributed by atoms with Crippen LogP contribution in [0, 0.1) is 11.2 Å². The summed E-state index contributed by atoms with van der Waals surface area (Å²) in [7, 11) is 0. The third-order valence-electron chi connectivity index (χ3n) is 6.24. The van der Waals surface area contributed by atoms with Gasteiger partial charge in [-0.2, -0.15) is 5.10 Å². The molecule has 0 spiro atoms. The van der Waals surface area contributed by atoms with Crippen LogP contribution in [0.1, 0.15) is 73.8 Å². The standard InChI is InChI=1S/C22H29FN4O/c1-4-17-15-8-9-22(2,3)12-19(15)27(26-17)14-10-16(23)20(21(24)28)18(11-14)25-13-6-5-7-13/h10-11,13,25H,4-9,12H2,1-3H3,(H2,24,28). The number of carbonyl (C=O) groups is 1. The number of carbonyl (C=O) groups excluding carboxylic acids is 1. The molecule has 1 amide bonds. The number of anilines is 1. The van der Waals surface area contributed by atoms with Gasteiger partial charge in [0.05, 0.1) is 22.6 Å². The van der Waals surface area contributed by atoms with Crippen molar-refractivity contribution in [3.8, 4) is 5.69 Å². The van der Waals surface area contributed by atoms with E-state index in [1.165, 1.54) is 11.6 Å². The van der Waals surface area contributed by atoms with Crippen molar-refractivity contribution in [3.05, 3.63) is 40.5 Å². The number of fused-ring (bicyclic) bond motifs is 1. The number of nitrogens with zero attached hydrogens (tertiary/aromatic N) is 2. The van der Waals surface area contributed by atoms with Crippen LogP contribution in [0.2, 0.25) is 0 Å². The largest absolute Gasteiger partial charge is 0.382 e. The molecule has 0 unspecified atom stereocenters. The zero-order chi connectivity index (χ0) is 20.1. The molecular weight excluding hydrogens is 355 g/mol. The van der Waals surface area contributed by atoms with E-state index < -0.39 is 11.7 Å². The van der Waals surface area contributed by atoms with Gasteiger partial charge in [0, 0.05) is 17.8 Å². The average Bonchev–Trinajstić information content (AvgIpc) is 2.93. The van der Waals surface area contributed by atoms with E-state index in [9.17, 15) is 9.18 Å². The van der Waals surface area contributed by atoms with Crippen LogP contribution in [0.4, 0.5) is 10.1 Å². The lowest BCUT2D eigenvalue weighted by molar-refractivity contribution is 0.0997. The van der Waals surface area contributed by atoms with Gasteiger partial charge in [0.2, 0.25) is 0 Å². The number of halogens is 1. The summed E-state index contributed by atoms with van der Waals surface area (Å²) in [5.74, 6) is -1.34. The lowest BCUT2D eigenvalue weighted by atomic mass is 9.76. The Labute approximate surface area is 165 Å². The van der Waals surface area contributed by atoms with E-state index in [4.69, 9.17) is 10.8 Å². The molecule has 28 heavy (non-hydrogen) atoms. The maximum absolute atomic E-state index is 14.9. The number of amides is 1. The zero-order valence-electron chi connectivity index (χ0n) is 16.9. The summed E-state index contributed by atoms with van der Waals surface area (Å²) in [6.07, 6.45) is 7.07. The van der Waals surface area contributed by atoms with Gasteiger partial charge in [-0.3, -0.25) is 4.79 Å². The van der Waals surface area contributed by atoms with E-state index in [1.54, 1.807) is 0 Å². The average molecular weight is 384 g/mol. The van der Waals surface area contributed by atoms with Crippen molar-refractivity contribution >= 4 is 11.6 Å². The minimum atomic E-state index is -0.747. The summed E-state index contributed by atoms with van der Waals surface area (Å²) >= 11 is 0. The van der Waals surface area contributed by atoms with Crippen molar-refractivity contribution < 1.29 is 9.18 Å². The molecule has 1 fully saturated rings. The van der Waals surface area contributed by atoms with E-state index in [1.807, 2.05) is 10.7 Å². The number of nitrogens with one attached hydrogen (secondary N) is 1. The fraction of sp³-hybridized carbons (Fsp3) is 0.545. The number of aryl methyl sites for hydroxylation is 1.